The molecular weight excluding hydrogens is 120 g/mol. The lowest BCUT2D eigenvalue weighted by Crippen LogP contribution is -2.12. The number of rotatable bonds is 3. The smallest absolute Gasteiger partial charge is 0.0145 e. The highest BCUT2D eigenvalue weighted by atomic mass is 14.2. The van der Waals surface area contributed by atoms with Crippen LogP contribution in [-0.4, -0.2) is 0 Å². The SMILES string of the molecule is [CH2]C(=CC)C(C)(C)CCC. The zero-order chi connectivity index (χ0) is 8.20. The minimum absolute atomic E-state index is 0.309. The third-order valence-electron chi connectivity index (χ3n) is 2.09. The number of hydrogen-bond acceptors (Lipinski definition) is 0. The van der Waals surface area contributed by atoms with Crippen molar-refractivity contribution >= 4 is 0 Å². The lowest BCUT2D eigenvalue weighted by atomic mass is 9.81. The molecule has 0 bridgehead atoms. The van der Waals surface area contributed by atoms with Crippen LogP contribution in [0.3, 0.4) is 0 Å². The van der Waals surface area contributed by atoms with E-state index in [0.717, 1.165) is 0 Å². The van der Waals surface area contributed by atoms with Gasteiger partial charge in [0, 0.05) is 0 Å². The van der Waals surface area contributed by atoms with Crippen molar-refractivity contribution in [1.82, 2.24) is 0 Å². The van der Waals surface area contributed by atoms with E-state index in [1.54, 1.807) is 0 Å². The van der Waals surface area contributed by atoms with Crippen LogP contribution in [0.2, 0.25) is 0 Å². The first-order valence-corrected chi connectivity index (χ1v) is 4.03. The Bertz CT molecular complexity index is 118. The van der Waals surface area contributed by atoms with Gasteiger partial charge >= 0.3 is 0 Å². The molecule has 59 valence electrons. The summed E-state index contributed by atoms with van der Waals surface area (Å²) >= 11 is 0. The lowest BCUT2D eigenvalue weighted by Gasteiger charge is -2.24. The molecule has 0 aromatic carbocycles. The van der Waals surface area contributed by atoms with Crippen LogP contribution < -0.4 is 0 Å². The zero-order valence-corrected chi connectivity index (χ0v) is 7.70. The standard InChI is InChI=1S/C10H19/c1-6-8-10(4,5)9(3)7-2/h7H,3,6,8H2,1-2,4-5H3. The first kappa shape index (κ1) is 9.74. The van der Waals surface area contributed by atoms with E-state index in [-0.39, 0.29) is 0 Å². The van der Waals surface area contributed by atoms with E-state index in [1.807, 2.05) is 0 Å². The van der Waals surface area contributed by atoms with Crippen molar-refractivity contribution in [2.75, 3.05) is 0 Å². The number of allylic oxidation sites excluding steroid dienone is 2. The average molecular weight is 139 g/mol. The molecule has 0 rings (SSSR count). The summed E-state index contributed by atoms with van der Waals surface area (Å²) in [6, 6.07) is 0. The second-order valence-corrected chi connectivity index (χ2v) is 3.45. The van der Waals surface area contributed by atoms with Crippen LogP contribution >= 0.6 is 0 Å². The van der Waals surface area contributed by atoms with E-state index in [2.05, 4.69) is 40.7 Å². The highest BCUT2D eigenvalue weighted by molar-refractivity contribution is 5.13. The van der Waals surface area contributed by atoms with Gasteiger partial charge in [0.1, 0.15) is 0 Å². The molecule has 0 heteroatoms. The minimum atomic E-state index is 0.309. The van der Waals surface area contributed by atoms with Crippen LogP contribution in [-0.2, 0) is 0 Å². The molecule has 0 amide bonds. The summed E-state index contributed by atoms with van der Waals surface area (Å²) in [6.07, 6.45) is 4.58. The molecule has 0 aliphatic heterocycles. The topological polar surface area (TPSA) is 0 Å². The normalized spacial score (nSPS) is 13.9. The maximum Gasteiger partial charge on any atom is -0.0145 e. The quantitative estimate of drug-likeness (QED) is 0.560. The Kier molecular flexibility index (Phi) is 3.70. The molecule has 0 saturated heterocycles. The fourth-order valence-corrected chi connectivity index (χ4v) is 1.18. The van der Waals surface area contributed by atoms with Crippen molar-refractivity contribution in [1.29, 1.82) is 0 Å². The summed E-state index contributed by atoms with van der Waals surface area (Å²) < 4.78 is 0. The van der Waals surface area contributed by atoms with E-state index < -0.39 is 0 Å². The molecule has 0 spiro atoms. The molecule has 0 aliphatic rings. The molecule has 0 aliphatic carbocycles. The Morgan fingerprint density at radius 2 is 2.00 bits per heavy atom. The van der Waals surface area contributed by atoms with Gasteiger partial charge in [-0.15, -0.1) is 0 Å². The highest BCUT2D eigenvalue weighted by Crippen LogP contribution is 2.30. The number of hydrogen-bond donors (Lipinski definition) is 0. The molecule has 0 atom stereocenters. The molecule has 0 N–H and O–H groups in total. The second kappa shape index (κ2) is 3.80. The van der Waals surface area contributed by atoms with E-state index in [9.17, 15) is 0 Å². The minimum Gasteiger partial charge on any atom is -0.0879 e. The first-order valence-electron chi connectivity index (χ1n) is 4.03. The van der Waals surface area contributed by atoms with E-state index in [0.29, 0.717) is 5.41 Å². The molecule has 0 fully saturated rings. The van der Waals surface area contributed by atoms with Crippen molar-refractivity contribution in [3.8, 4) is 0 Å². The Balaban J connectivity index is 4.10. The van der Waals surface area contributed by atoms with Crippen LogP contribution in [0, 0.1) is 12.3 Å². The third-order valence-corrected chi connectivity index (χ3v) is 2.09. The molecule has 0 saturated carbocycles. The van der Waals surface area contributed by atoms with E-state index in [1.165, 1.54) is 18.4 Å². The monoisotopic (exact) mass is 139 g/mol. The van der Waals surface area contributed by atoms with Crippen LogP contribution in [0.5, 0.6) is 0 Å². The summed E-state index contributed by atoms with van der Waals surface area (Å²) in [5.74, 6) is 0. The Morgan fingerprint density at radius 1 is 1.50 bits per heavy atom. The maximum absolute atomic E-state index is 4.01. The zero-order valence-electron chi connectivity index (χ0n) is 7.70. The van der Waals surface area contributed by atoms with Gasteiger partial charge in [-0.05, 0) is 25.7 Å². The maximum atomic E-state index is 4.01. The fourth-order valence-electron chi connectivity index (χ4n) is 1.18. The Hall–Kier alpha value is -0.260. The van der Waals surface area contributed by atoms with Gasteiger partial charge in [0.15, 0.2) is 0 Å². The van der Waals surface area contributed by atoms with Gasteiger partial charge in [-0.1, -0.05) is 38.8 Å². The van der Waals surface area contributed by atoms with Crippen molar-refractivity contribution in [3.63, 3.8) is 0 Å². The summed E-state index contributed by atoms with van der Waals surface area (Å²) in [4.78, 5) is 0. The molecule has 0 aromatic heterocycles. The fraction of sp³-hybridized carbons (Fsp3) is 0.700. The second-order valence-electron chi connectivity index (χ2n) is 3.45. The van der Waals surface area contributed by atoms with Gasteiger partial charge < -0.3 is 0 Å². The van der Waals surface area contributed by atoms with Gasteiger partial charge in [-0.3, -0.25) is 0 Å². The lowest BCUT2D eigenvalue weighted by molar-refractivity contribution is 0.411. The van der Waals surface area contributed by atoms with Crippen LogP contribution in [0.25, 0.3) is 0 Å². The Labute approximate surface area is 65.3 Å². The molecule has 10 heavy (non-hydrogen) atoms. The summed E-state index contributed by atoms with van der Waals surface area (Å²) in [5.41, 5.74) is 1.57. The summed E-state index contributed by atoms with van der Waals surface area (Å²) in [5, 5.41) is 0. The Morgan fingerprint density at radius 3 is 2.30 bits per heavy atom. The molecule has 0 heterocycles. The van der Waals surface area contributed by atoms with Crippen LogP contribution in [0.4, 0.5) is 0 Å². The van der Waals surface area contributed by atoms with Gasteiger partial charge in [0.05, 0.1) is 0 Å². The van der Waals surface area contributed by atoms with Gasteiger partial charge in [-0.25, -0.2) is 0 Å². The van der Waals surface area contributed by atoms with Gasteiger partial charge in [0.25, 0.3) is 0 Å². The van der Waals surface area contributed by atoms with Crippen molar-refractivity contribution in [3.05, 3.63) is 18.6 Å². The molecule has 1 radical (unpaired) electrons. The van der Waals surface area contributed by atoms with E-state index in [4.69, 9.17) is 0 Å². The van der Waals surface area contributed by atoms with Crippen LogP contribution in [0.15, 0.2) is 11.6 Å². The molecule has 0 unspecified atom stereocenters. The molecule has 0 aromatic rings. The molecular formula is C10H19. The highest BCUT2D eigenvalue weighted by Gasteiger charge is 2.17. The summed E-state index contributed by atoms with van der Waals surface area (Å²) in [6.45, 7) is 12.8. The largest absolute Gasteiger partial charge is 0.0879 e. The predicted molar refractivity (Wildman–Crippen MR) is 47.8 cm³/mol. The van der Waals surface area contributed by atoms with Crippen molar-refractivity contribution in [2.45, 2.75) is 40.5 Å². The average Bonchev–Trinajstić information content (AvgIpc) is 1.86. The molecule has 0 nitrogen and oxygen atoms in total. The predicted octanol–water partition coefficient (Wildman–Crippen LogP) is 3.59. The van der Waals surface area contributed by atoms with E-state index >= 15 is 0 Å². The van der Waals surface area contributed by atoms with Gasteiger partial charge in [0.2, 0.25) is 0 Å². The van der Waals surface area contributed by atoms with Crippen molar-refractivity contribution < 1.29 is 0 Å². The van der Waals surface area contributed by atoms with Crippen LogP contribution in [0.1, 0.15) is 40.5 Å². The third kappa shape index (κ3) is 2.55. The first-order chi connectivity index (χ1) is 4.54. The van der Waals surface area contributed by atoms with Crippen molar-refractivity contribution in [2.24, 2.45) is 5.41 Å². The van der Waals surface area contributed by atoms with Gasteiger partial charge in [-0.2, -0.15) is 0 Å². The summed E-state index contributed by atoms with van der Waals surface area (Å²) in [7, 11) is 0.